The van der Waals surface area contributed by atoms with E-state index in [0.29, 0.717) is 6.42 Å². The fraction of sp³-hybridized carbons (Fsp3) is 0.818. The third-order valence-corrected chi connectivity index (χ3v) is 3.25. The number of carbonyl (C=O) groups is 1. The Morgan fingerprint density at radius 3 is 2.76 bits per heavy atom. The number of nitrogens with zero attached hydrogens (tertiary/aromatic N) is 2. The van der Waals surface area contributed by atoms with Gasteiger partial charge in [-0.15, -0.1) is 12.4 Å². The van der Waals surface area contributed by atoms with Crippen LogP contribution in [0.5, 0.6) is 0 Å². The minimum absolute atomic E-state index is 0. The number of hydrogen-bond donors (Lipinski definition) is 2. The Morgan fingerprint density at radius 2 is 2.29 bits per heavy atom. The van der Waals surface area contributed by atoms with Crippen LogP contribution in [0.15, 0.2) is 0 Å². The lowest BCUT2D eigenvalue weighted by Gasteiger charge is -2.26. The van der Waals surface area contributed by atoms with Gasteiger partial charge in [0.2, 0.25) is 5.91 Å². The first-order chi connectivity index (χ1) is 7.51. The average Bonchev–Trinajstić information content (AvgIpc) is 2.67. The molecule has 1 amide bonds. The normalized spacial score (nSPS) is 26.9. The minimum atomic E-state index is -0.599. The number of carbonyl (C=O) groups excluding carboxylic acids is 1. The molecule has 6 heteroatoms. The second kappa shape index (κ2) is 6.80. The van der Waals surface area contributed by atoms with Gasteiger partial charge in [0.15, 0.2) is 0 Å². The van der Waals surface area contributed by atoms with Crippen LogP contribution in [0.1, 0.15) is 26.7 Å². The molecule has 0 unspecified atom stereocenters. The van der Waals surface area contributed by atoms with Crippen LogP contribution in [-0.2, 0) is 4.79 Å². The predicted molar refractivity (Wildman–Crippen MR) is 66.4 cm³/mol. The van der Waals surface area contributed by atoms with Crippen LogP contribution >= 0.6 is 12.4 Å². The van der Waals surface area contributed by atoms with Crippen LogP contribution in [-0.4, -0.2) is 40.6 Å². The number of aliphatic hydroxyl groups is 1. The summed E-state index contributed by atoms with van der Waals surface area (Å²) in [4.78, 5) is 13.4. The van der Waals surface area contributed by atoms with E-state index in [1.54, 1.807) is 0 Å². The number of likely N-dealkylation sites (tertiary alicyclic amines) is 1. The molecule has 1 heterocycles. The molecule has 0 bridgehead atoms. The number of rotatable bonds is 3. The maximum Gasteiger partial charge on any atom is 0.240 e. The van der Waals surface area contributed by atoms with Gasteiger partial charge >= 0.3 is 0 Å². The van der Waals surface area contributed by atoms with Crippen molar-refractivity contribution < 1.29 is 9.90 Å². The van der Waals surface area contributed by atoms with Crippen molar-refractivity contribution in [3.05, 3.63) is 0 Å². The molecular weight excluding hydrogens is 242 g/mol. The Morgan fingerprint density at radius 1 is 1.71 bits per heavy atom. The van der Waals surface area contributed by atoms with Gasteiger partial charge < -0.3 is 15.7 Å². The molecule has 5 nitrogen and oxygen atoms in total. The Labute approximate surface area is 108 Å². The highest BCUT2D eigenvalue weighted by Gasteiger charge is 2.37. The third-order valence-electron chi connectivity index (χ3n) is 3.25. The number of aliphatic hydroxyl groups excluding tert-OH is 1. The SMILES string of the molecule is CC[C@H](C)[C@H](N)C(=O)N1C[C@H](O)C[C@H]1C#N.Cl. The van der Waals surface area contributed by atoms with Crippen LogP contribution in [0.4, 0.5) is 0 Å². The molecule has 0 saturated carbocycles. The largest absolute Gasteiger partial charge is 0.391 e. The van der Waals surface area contributed by atoms with Gasteiger partial charge in [-0.1, -0.05) is 20.3 Å². The molecule has 17 heavy (non-hydrogen) atoms. The fourth-order valence-corrected chi connectivity index (χ4v) is 1.87. The zero-order chi connectivity index (χ0) is 12.3. The van der Waals surface area contributed by atoms with Crippen molar-refractivity contribution in [2.75, 3.05) is 6.54 Å². The van der Waals surface area contributed by atoms with E-state index in [1.165, 1.54) is 4.90 Å². The monoisotopic (exact) mass is 261 g/mol. The smallest absolute Gasteiger partial charge is 0.240 e. The molecule has 0 aromatic carbocycles. The first kappa shape index (κ1) is 16.2. The lowest BCUT2D eigenvalue weighted by molar-refractivity contribution is -0.134. The zero-order valence-corrected chi connectivity index (χ0v) is 11.0. The molecule has 1 fully saturated rings. The summed E-state index contributed by atoms with van der Waals surface area (Å²) in [6, 6.07) is 0.919. The summed E-state index contributed by atoms with van der Waals surface area (Å²) in [6.07, 6.45) is 0.549. The molecule has 0 radical (unpaired) electrons. The van der Waals surface area contributed by atoms with Crippen molar-refractivity contribution in [2.24, 2.45) is 11.7 Å². The summed E-state index contributed by atoms with van der Waals surface area (Å²) < 4.78 is 0. The highest BCUT2D eigenvalue weighted by molar-refractivity contribution is 5.85. The molecule has 0 aromatic rings. The van der Waals surface area contributed by atoms with E-state index in [-0.39, 0.29) is 30.8 Å². The molecule has 1 aliphatic rings. The van der Waals surface area contributed by atoms with Gasteiger partial charge in [-0.25, -0.2) is 0 Å². The summed E-state index contributed by atoms with van der Waals surface area (Å²) in [6.45, 7) is 4.11. The van der Waals surface area contributed by atoms with Gasteiger partial charge in [0.1, 0.15) is 6.04 Å². The maximum absolute atomic E-state index is 12.0. The summed E-state index contributed by atoms with van der Waals surface area (Å²) in [5.74, 6) is -0.137. The molecule has 1 saturated heterocycles. The maximum atomic E-state index is 12.0. The van der Waals surface area contributed by atoms with Crippen LogP contribution in [0.25, 0.3) is 0 Å². The first-order valence-electron chi connectivity index (χ1n) is 5.65. The van der Waals surface area contributed by atoms with Crippen molar-refractivity contribution in [1.82, 2.24) is 4.90 Å². The van der Waals surface area contributed by atoms with E-state index in [0.717, 1.165) is 6.42 Å². The van der Waals surface area contributed by atoms with E-state index in [1.807, 2.05) is 19.9 Å². The quantitative estimate of drug-likeness (QED) is 0.763. The third kappa shape index (κ3) is 3.56. The summed E-state index contributed by atoms with van der Waals surface area (Å²) >= 11 is 0. The number of halogens is 1. The molecule has 1 aliphatic heterocycles. The molecule has 0 aromatic heterocycles. The zero-order valence-electron chi connectivity index (χ0n) is 10.2. The van der Waals surface area contributed by atoms with Crippen molar-refractivity contribution >= 4 is 18.3 Å². The van der Waals surface area contributed by atoms with Crippen LogP contribution in [0, 0.1) is 17.2 Å². The van der Waals surface area contributed by atoms with E-state index in [2.05, 4.69) is 0 Å². The van der Waals surface area contributed by atoms with E-state index < -0.39 is 18.2 Å². The number of amides is 1. The summed E-state index contributed by atoms with van der Waals surface area (Å²) in [7, 11) is 0. The van der Waals surface area contributed by atoms with Crippen LogP contribution < -0.4 is 5.73 Å². The number of hydrogen-bond acceptors (Lipinski definition) is 4. The average molecular weight is 262 g/mol. The van der Waals surface area contributed by atoms with Crippen molar-refractivity contribution in [3.63, 3.8) is 0 Å². The molecule has 0 aliphatic carbocycles. The molecule has 4 atom stereocenters. The van der Waals surface area contributed by atoms with Gasteiger partial charge in [0.05, 0.1) is 18.2 Å². The first-order valence-corrected chi connectivity index (χ1v) is 5.65. The minimum Gasteiger partial charge on any atom is -0.391 e. The van der Waals surface area contributed by atoms with Gasteiger partial charge in [-0.3, -0.25) is 4.79 Å². The topological polar surface area (TPSA) is 90.3 Å². The van der Waals surface area contributed by atoms with Crippen molar-refractivity contribution in [1.29, 1.82) is 5.26 Å². The Bertz CT molecular complexity index is 306. The highest BCUT2D eigenvalue weighted by Crippen LogP contribution is 2.20. The molecule has 3 N–H and O–H groups in total. The lowest BCUT2D eigenvalue weighted by Crippen LogP contribution is -2.48. The van der Waals surface area contributed by atoms with E-state index in [9.17, 15) is 9.90 Å². The standard InChI is InChI=1S/C11H19N3O2.ClH/c1-3-7(2)10(13)11(16)14-6-9(15)4-8(14)5-12;/h7-10,15H,3-4,6,13H2,1-2H3;1H/t7-,8-,9+,10-;/m0./s1. The lowest BCUT2D eigenvalue weighted by atomic mass is 9.99. The highest BCUT2D eigenvalue weighted by atomic mass is 35.5. The van der Waals surface area contributed by atoms with Gasteiger partial charge in [0, 0.05) is 13.0 Å². The molecule has 1 rings (SSSR count). The van der Waals surface area contributed by atoms with E-state index >= 15 is 0 Å². The number of nitriles is 1. The van der Waals surface area contributed by atoms with Crippen LogP contribution in [0.2, 0.25) is 0 Å². The Hall–Kier alpha value is -0.830. The fourth-order valence-electron chi connectivity index (χ4n) is 1.87. The van der Waals surface area contributed by atoms with Gasteiger partial charge in [-0.2, -0.15) is 5.26 Å². The summed E-state index contributed by atoms with van der Waals surface area (Å²) in [5, 5.41) is 18.3. The number of β-amino-alcohol motifs (C(OH)–C–C–N with tert-alkyl or cyclic N) is 1. The molecule has 98 valence electrons. The second-order valence-corrected chi connectivity index (χ2v) is 4.44. The van der Waals surface area contributed by atoms with Gasteiger partial charge in [-0.05, 0) is 5.92 Å². The Kier molecular flexibility index (Phi) is 6.46. The predicted octanol–water partition coefficient (Wildman–Crippen LogP) is 0.267. The second-order valence-electron chi connectivity index (χ2n) is 4.44. The van der Waals surface area contributed by atoms with E-state index in [4.69, 9.17) is 11.0 Å². The van der Waals surface area contributed by atoms with Crippen molar-refractivity contribution in [3.8, 4) is 6.07 Å². The van der Waals surface area contributed by atoms with Crippen LogP contribution in [0.3, 0.4) is 0 Å². The Balaban J connectivity index is 0.00000256. The van der Waals surface area contributed by atoms with Crippen molar-refractivity contribution in [2.45, 2.75) is 44.9 Å². The summed E-state index contributed by atoms with van der Waals surface area (Å²) in [5.41, 5.74) is 5.83. The van der Waals surface area contributed by atoms with Gasteiger partial charge in [0.25, 0.3) is 0 Å². The molecule has 0 spiro atoms. The molecular formula is C11H20ClN3O2. The number of nitrogens with two attached hydrogens (primary N) is 1.